The highest BCUT2D eigenvalue weighted by Gasteiger charge is 2.38. The average molecular weight is 351 g/mol. The van der Waals surface area contributed by atoms with E-state index < -0.39 is 23.7 Å². The van der Waals surface area contributed by atoms with Gasteiger partial charge < -0.3 is 20.1 Å². The monoisotopic (exact) mass is 351 g/mol. The van der Waals surface area contributed by atoms with Gasteiger partial charge in [0.05, 0.1) is 12.3 Å². The molecule has 1 aromatic carbocycles. The molecule has 3 N–H and O–H groups in total. The summed E-state index contributed by atoms with van der Waals surface area (Å²) in [6.07, 6.45) is -0.263. The fourth-order valence-corrected chi connectivity index (χ4v) is 3.72. The van der Waals surface area contributed by atoms with E-state index >= 15 is 0 Å². The van der Waals surface area contributed by atoms with Crippen molar-refractivity contribution in [1.29, 1.82) is 0 Å². The number of aryl methyl sites for hydroxylation is 1. The number of rotatable bonds is 3. The number of aromatic nitrogens is 1. The maximum absolute atomic E-state index is 13.2. The maximum atomic E-state index is 13.2. The van der Waals surface area contributed by atoms with E-state index in [2.05, 4.69) is 4.98 Å². The third-order valence-corrected chi connectivity index (χ3v) is 5.16. The Hall–Kier alpha value is -1.67. The summed E-state index contributed by atoms with van der Waals surface area (Å²) in [7, 11) is 0. The summed E-state index contributed by atoms with van der Waals surface area (Å²) < 4.78 is 19.0. The van der Waals surface area contributed by atoms with E-state index in [0.717, 1.165) is 16.7 Å². The lowest BCUT2D eigenvalue weighted by atomic mass is 10.0. The molecule has 0 unspecified atom stereocenters. The van der Waals surface area contributed by atoms with Gasteiger partial charge in [-0.25, -0.2) is 4.39 Å². The largest absolute Gasteiger partial charge is 0.475 e. The van der Waals surface area contributed by atoms with E-state index in [-0.39, 0.29) is 11.6 Å². The van der Waals surface area contributed by atoms with Crippen molar-refractivity contribution in [3.05, 3.63) is 48.0 Å². The van der Waals surface area contributed by atoms with Gasteiger partial charge in [0.15, 0.2) is 5.44 Å². The average Bonchev–Trinajstić information content (AvgIpc) is 2.56. The number of thioether (sulfide) groups is 1. The first-order chi connectivity index (χ1) is 11.5. The van der Waals surface area contributed by atoms with Crippen LogP contribution in [0.4, 0.5) is 4.39 Å². The second-order valence-electron chi connectivity index (χ2n) is 5.74. The number of aliphatic hydroxyl groups is 3. The van der Waals surface area contributed by atoms with Gasteiger partial charge in [-0.15, -0.1) is 11.8 Å². The predicted molar refractivity (Wildman–Crippen MR) is 89.3 cm³/mol. The van der Waals surface area contributed by atoms with Crippen molar-refractivity contribution in [2.24, 2.45) is 0 Å². The molecule has 0 bridgehead atoms. The van der Waals surface area contributed by atoms with Crippen LogP contribution in [0.1, 0.15) is 5.56 Å². The van der Waals surface area contributed by atoms with Crippen molar-refractivity contribution in [3.63, 3.8) is 0 Å². The van der Waals surface area contributed by atoms with Crippen LogP contribution >= 0.6 is 11.8 Å². The summed E-state index contributed by atoms with van der Waals surface area (Å²) in [5.41, 5.74) is 1.68. The molecule has 4 atom stereocenters. The molecule has 128 valence electrons. The van der Waals surface area contributed by atoms with Gasteiger partial charge in [-0.1, -0.05) is 6.07 Å². The highest BCUT2D eigenvalue weighted by molar-refractivity contribution is 7.99. The Morgan fingerprint density at radius 3 is 2.71 bits per heavy atom. The lowest BCUT2D eigenvalue weighted by Crippen LogP contribution is -2.50. The quantitative estimate of drug-likeness (QED) is 0.781. The normalized spacial score (nSPS) is 27.0. The van der Waals surface area contributed by atoms with Crippen molar-refractivity contribution in [3.8, 4) is 16.9 Å². The topological polar surface area (TPSA) is 82.8 Å². The van der Waals surface area contributed by atoms with Crippen LogP contribution in [0.15, 0.2) is 36.7 Å². The van der Waals surface area contributed by atoms with Crippen molar-refractivity contribution in [1.82, 2.24) is 4.98 Å². The predicted octanol–water partition coefficient (Wildman–Crippen LogP) is 1.73. The molecule has 0 radical (unpaired) electrons. The SMILES string of the molecule is Cc1cc(F)ccc1-c1cncc(O[C@@H]2SC[C@@H](O)[C@H](O)[C@H]2O)c1. The Morgan fingerprint density at radius 2 is 1.96 bits per heavy atom. The first kappa shape index (κ1) is 17.2. The Balaban J connectivity index is 1.81. The van der Waals surface area contributed by atoms with E-state index in [1.807, 2.05) is 6.92 Å². The lowest BCUT2D eigenvalue weighted by Gasteiger charge is -2.34. The second-order valence-corrected chi connectivity index (χ2v) is 6.87. The minimum Gasteiger partial charge on any atom is -0.475 e. The van der Waals surface area contributed by atoms with E-state index in [4.69, 9.17) is 4.74 Å². The van der Waals surface area contributed by atoms with Crippen LogP contribution in [0.3, 0.4) is 0 Å². The molecule has 0 spiro atoms. The van der Waals surface area contributed by atoms with Crippen LogP contribution in [0.5, 0.6) is 5.75 Å². The number of nitrogens with zero attached hydrogens (tertiary/aromatic N) is 1. The molecular formula is C17H18FNO4S. The molecule has 1 fully saturated rings. The third kappa shape index (κ3) is 3.54. The van der Waals surface area contributed by atoms with Crippen LogP contribution < -0.4 is 4.74 Å². The van der Waals surface area contributed by atoms with Gasteiger partial charge in [0, 0.05) is 17.5 Å². The van der Waals surface area contributed by atoms with Gasteiger partial charge in [-0.3, -0.25) is 4.98 Å². The Bertz CT molecular complexity index is 729. The zero-order valence-corrected chi connectivity index (χ0v) is 13.8. The Morgan fingerprint density at radius 1 is 1.17 bits per heavy atom. The minimum atomic E-state index is -1.24. The molecule has 24 heavy (non-hydrogen) atoms. The zero-order valence-electron chi connectivity index (χ0n) is 13.0. The van der Waals surface area contributed by atoms with Crippen molar-refractivity contribution >= 4 is 11.8 Å². The van der Waals surface area contributed by atoms with Gasteiger partial charge in [0.25, 0.3) is 0 Å². The highest BCUT2D eigenvalue weighted by Crippen LogP contribution is 2.31. The molecule has 3 rings (SSSR count). The standard InChI is InChI=1S/C17H18FNO4S/c1-9-4-11(18)2-3-13(9)10-5-12(7-19-6-10)23-17-16(22)15(21)14(20)8-24-17/h2-7,14-17,20-22H,8H2,1H3/t14-,15+,16-,17-/m1/s1. The zero-order chi connectivity index (χ0) is 17.3. The molecular weight excluding hydrogens is 333 g/mol. The molecule has 1 aliphatic heterocycles. The fraction of sp³-hybridized carbons (Fsp3) is 0.353. The molecule has 0 saturated carbocycles. The number of halogens is 1. The lowest BCUT2D eigenvalue weighted by molar-refractivity contribution is -0.0786. The highest BCUT2D eigenvalue weighted by atomic mass is 32.2. The summed E-state index contributed by atoms with van der Waals surface area (Å²) in [4.78, 5) is 4.13. The minimum absolute atomic E-state index is 0.271. The molecule has 1 aromatic heterocycles. The number of aliphatic hydroxyl groups excluding tert-OH is 3. The summed E-state index contributed by atoms with van der Waals surface area (Å²) >= 11 is 1.23. The van der Waals surface area contributed by atoms with Crippen LogP contribution in [-0.2, 0) is 0 Å². The Labute approximate surface area is 143 Å². The van der Waals surface area contributed by atoms with Crippen LogP contribution in [0.2, 0.25) is 0 Å². The number of hydrogen-bond donors (Lipinski definition) is 3. The fourth-order valence-electron chi connectivity index (χ4n) is 2.60. The molecule has 1 saturated heterocycles. The van der Waals surface area contributed by atoms with E-state index in [1.165, 1.54) is 30.1 Å². The number of hydrogen-bond acceptors (Lipinski definition) is 6. The van der Waals surface area contributed by atoms with Crippen molar-refractivity contribution in [2.75, 3.05) is 5.75 Å². The number of benzene rings is 1. The van der Waals surface area contributed by atoms with Crippen LogP contribution in [-0.4, -0.2) is 49.8 Å². The maximum Gasteiger partial charge on any atom is 0.173 e. The summed E-state index contributed by atoms with van der Waals surface area (Å²) in [5.74, 6) is 0.398. The van der Waals surface area contributed by atoms with E-state index in [0.29, 0.717) is 5.75 Å². The number of pyridine rings is 1. The summed E-state index contributed by atoms with van der Waals surface area (Å²) in [6, 6.07) is 6.25. The molecule has 2 aromatic rings. The summed E-state index contributed by atoms with van der Waals surface area (Å²) in [5, 5.41) is 29.3. The van der Waals surface area contributed by atoms with Gasteiger partial charge in [-0.2, -0.15) is 0 Å². The van der Waals surface area contributed by atoms with Gasteiger partial charge in [0.1, 0.15) is 23.8 Å². The number of ether oxygens (including phenoxy) is 1. The van der Waals surface area contributed by atoms with Crippen molar-refractivity contribution in [2.45, 2.75) is 30.7 Å². The van der Waals surface area contributed by atoms with Gasteiger partial charge >= 0.3 is 0 Å². The molecule has 0 aliphatic carbocycles. The van der Waals surface area contributed by atoms with Crippen LogP contribution in [0.25, 0.3) is 11.1 Å². The van der Waals surface area contributed by atoms with E-state index in [1.54, 1.807) is 18.3 Å². The van der Waals surface area contributed by atoms with E-state index in [9.17, 15) is 19.7 Å². The van der Waals surface area contributed by atoms with Crippen LogP contribution in [0, 0.1) is 12.7 Å². The van der Waals surface area contributed by atoms with Gasteiger partial charge in [0.2, 0.25) is 0 Å². The third-order valence-electron chi connectivity index (χ3n) is 3.92. The molecule has 0 amide bonds. The first-order valence-corrected chi connectivity index (χ1v) is 8.54. The Kier molecular flexibility index (Phi) is 5.05. The second kappa shape index (κ2) is 7.06. The molecule has 5 nitrogen and oxygen atoms in total. The molecule has 2 heterocycles. The smallest absolute Gasteiger partial charge is 0.173 e. The molecule has 7 heteroatoms. The summed E-state index contributed by atoms with van der Waals surface area (Å²) in [6.45, 7) is 1.81. The molecule has 1 aliphatic rings. The first-order valence-electron chi connectivity index (χ1n) is 7.50. The van der Waals surface area contributed by atoms with Gasteiger partial charge in [-0.05, 0) is 36.2 Å². The van der Waals surface area contributed by atoms with Crippen molar-refractivity contribution < 1.29 is 24.4 Å².